The molecule has 1 saturated heterocycles. The Bertz CT molecular complexity index is 450. The molecule has 118 valence electrons. The first-order valence-corrected chi connectivity index (χ1v) is 7.68. The minimum absolute atomic E-state index is 0. The number of carbonyl (C=O) groups excluding carboxylic acids is 1. The summed E-state index contributed by atoms with van der Waals surface area (Å²) in [5, 5.41) is 4.12. The van der Waals surface area contributed by atoms with Crippen molar-refractivity contribution in [1.82, 2.24) is 10.2 Å². The Kier molecular flexibility index (Phi) is 7.50. The van der Waals surface area contributed by atoms with Crippen LogP contribution in [0.1, 0.15) is 25.8 Å². The molecule has 0 spiro atoms. The molecule has 0 aliphatic carbocycles. The summed E-state index contributed by atoms with van der Waals surface area (Å²) in [7, 11) is 0. The summed E-state index contributed by atoms with van der Waals surface area (Å²) in [5.41, 5.74) is 1.24. The summed E-state index contributed by atoms with van der Waals surface area (Å²) in [5.74, 6) is 0.633. The number of hydrogen-bond donors (Lipinski definition) is 1. The van der Waals surface area contributed by atoms with Crippen molar-refractivity contribution < 1.29 is 4.79 Å². The second kappa shape index (κ2) is 8.62. The topological polar surface area (TPSA) is 32.3 Å². The zero-order valence-corrected chi connectivity index (χ0v) is 14.2. The molecule has 21 heavy (non-hydrogen) atoms. The average Bonchev–Trinajstić information content (AvgIpc) is 2.41. The van der Waals surface area contributed by atoms with Gasteiger partial charge in [0, 0.05) is 37.1 Å². The molecule has 1 unspecified atom stereocenters. The lowest BCUT2D eigenvalue weighted by Gasteiger charge is -2.32. The molecular weight excluding hydrogens is 307 g/mol. The third kappa shape index (κ3) is 5.85. The third-order valence-corrected chi connectivity index (χ3v) is 3.99. The Balaban J connectivity index is 0.00000220. The van der Waals surface area contributed by atoms with Gasteiger partial charge in [-0.05, 0) is 37.0 Å². The highest BCUT2D eigenvalue weighted by molar-refractivity contribution is 6.30. The normalized spacial score (nSPS) is 19.8. The minimum atomic E-state index is 0. The highest BCUT2D eigenvalue weighted by Gasteiger charge is 2.21. The summed E-state index contributed by atoms with van der Waals surface area (Å²) in [6.45, 7) is 6.82. The molecule has 2 rings (SSSR count). The highest BCUT2D eigenvalue weighted by atomic mass is 35.5. The monoisotopic (exact) mass is 330 g/mol. The quantitative estimate of drug-likeness (QED) is 0.919. The van der Waals surface area contributed by atoms with Crippen molar-refractivity contribution in [2.24, 2.45) is 5.92 Å². The zero-order valence-electron chi connectivity index (χ0n) is 12.6. The van der Waals surface area contributed by atoms with Gasteiger partial charge in [0.1, 0.15) is 0 Å². The summed E-state index contributed by atoms with van der Waals surface area (Å²) in [6, 6.07) is 8.29. The number of carbonyl (C=O) groups is 1. The maximum atomic E-state index is 12.3. The maximum absolute atomic E-state index is 12.3. The molecule has 1 aliphatic heterocycles. The van der Waals surface area contributed by atoms with E-state index in [1.807, 2.05) is 29.2 Å². The van der Waals surface area contributed by atoms with E-state index < -0.39 is 0 Å². The van der Waals surface area contributed by atoms with Crippen molar-refractivity contribution in [3.05, 3.63) is 34.9 Å². The van der Waals surface area contributed by atoms with Gasteiger partial charge in [0.25, 0.3) is 0 Å². The summed E-state index contributed by atoms with van der Waals surface area (Å²) >= 11 is 5.88. The molecule has 0 radical (unpaired) electrons. The fourth-order valence-electron chi connectivity index (χ4n) is 2.68. The van der Waals surface area contributed by atoms with E-state index in [1.54, 1.807) is 0 Å². The third-order valence-electron chi connectivity index (χ3n) is 3.74. The van der Waals surface area contributed by atoms with Crippen LogP contribution in [0.5, 0.6) is 0 Å². The van der Waals surface area contributed by atoms with Gasteiger partial charge in [0.2, 0.25) is 5.91 Å². The van der Waals surface area contributed by atoms with Crippen LogP contribution in [-0.4, -0.2) is 36.5 Å². The summed E-state index contributed by atoms with van der Waals surface area (Å²) in [6.07, 6.45) is 1.54. The van der Waals surface area contributed by atoms with Crippen LogP contribution in [0.25, 0.3) is 0 Å². The van der Waals surface area contributed by atoms with Gasteiger partial charge in [-0.2, -0.15) is 0 Å². The molecule has 1 aliphatic rings. The first-order chi connectivity index (χ1) is 9.54. The second-order valence-electron chi connectivity index (χ2n) is 5.83. The smallest absolute Gasteiger partial charge is 0.222 e. The van der Waals surface area contributed by atoms with E-state index in [0.717, 1.165) is 31.1 Å². The van der Waals surface area contributed by atoms with Crippen molar-refractivity contribution >= 4 is 29.9 Å². The lowest BCUT2D eigenvalue weighted by Crippen LogP contribution is -2.51. The molecule has 1 N–H and O–H groups in total. The molecule has 0 bridgehead atoms. The van der Waals surface area contributed by atoms with Crippen LogP contribution < -0.4 is 5.32 Å². The van der Waals surface area contributed by atoms with Gasteiger partial charge < -0.3 is 10.2 Å². The fraction of sp³-hybridized carbons (Fsp3) is 0.562. The highest BCUT2D eigenvalue weighted by Crippen LogP contribution is 2.16. The molecular formula is C16H24Cl2N2O. The van der Waals surface area contributed by atoms with E-state index in [-0.39, 0.29) is 18.3 Å². The SMILES string of the molecule is CC(CC(=O)N1CCN[C@H](C)C1)Cc1ccc(Cl)cc1.Cl. The van der Waals surface area contributed by atoms with Crippen molar-refractivity contribution in [2.75, 3.05) is 19.6 Å². The van der Waals surface area contributed by atoms with Crippen molar-refractivity contribution in [3.8, 4) is 0 Å². The average molecular weight is 331 g/mol. The predicted octanol–water partition coefficient (Wildman–Crippen LogP) is 3.15. The molecule has 2 atom stereocenters. The van der Waals surface area contributed by atoms with Crippen LogP contribution in [0.15, 0.2) is 24.3 Å². The largest absolute Gasteiger partial charge is 0.340 e. The minimum Gasteiger partial charge on any atom is -0.340 e. The predicted molar refractivity (Wildman–Crippen MR) is 90.2 cm³/mol. The standard InChI is InChI=1S/C16H23ClN2O.ClH/c1-12(9-14-3-5-15(17)6-4-14)10-16(20)19-8-7-18-13(2)11-19;/h3-6,12-13,18H,7-11H2,1-2H3;1H/t12?,13-;/m1./s1. The Hall–Kier alpha value is -0.770. The molecule has 0 saturated carbocycles. The number of halogens is 2. The van der Waals surface area contributed by atoms with Crippen LogP contribution in [0.4, 0.5) is 0 Å². The molecule has 1 amide bonds. The van der Waals surface area contributed by atoms with Gasteiger partial charge in [-0.1, -0.05) is 30.7 Å². The summed E-state index contributed by atoms with van der Waals surface area (Å²) < 4.78 is 0. The van der Waals surface area contributed by atoms with Crippen LogP contribution in [0, 0.1) is 5.92 Å². The second-order valence-corrected chi connectivity index (χ2v) is 6.27. The number of nitrogens with one attached hydrogen (secondary N) is 1. The molecule has 3 nitrogen and oxygen atoms in total. The Labute approximate surface area is 138 Å². The fourth-order valence-corrected chi connectivity index (χ4v) is 2.81. The lowest BCUT2D eigenvalue weighted by molar-refractivity contribution is -0.133. The Morgan fingerprint density at radius 2 is 2.10 bits per heavy atom. The number of nitrogens with zero attached hydrogens (tertiary/aromatic N) is 1. The first kappa shape index (κ1) is 18.3. The number of hydrogen-bond acceptors (Lipinski definition) is 2. The van der Waals surface area contributed by atoms with Crippen molar-refractivity contribution in [1.29, 1.82) is 0 Å². The summed E-state index contributed by atoms with van der Waals surface area (Å²) in [4.78, 5) is 14.3. The number of piperazine rings is 1. The van der Waals surface area contributed by atoms with Gasteiger partial charge in [0.15, 0.2) is 0 Å². The molecule has 1 heterocycles. The zero-order chi connectivity index (χ0) is 14.5. The first-order valence-electron chi connectivity index (χ1n) is 7.30. The van der Waals surface area contributed by atoms with E-state index in [9.17, 15) is 4.79 Å². The lowest BCUT2D eigenvalue weighted by atomic mass is 9.97. The van der Waals surface area contributed by atoms with E-state index in [0.29, 0.717) is 18.4 Å². The van der Waals surface area contributed by atoms with Gasteiger partial charge >= 0.3 is 0 Å². The van der Waals surface area contributed by atoms with Crippen molar-refractivity contribution in [2.45, 2.75) is 32.7 Å². The van der Waals surface area contributed by atoms with E-state index in [1.165, 1.54) is 5.56 Å². The van der Waals surface area contributed by atoms with Crippen LogP contribution in [-0.2, 0) is 11.2 Å². The van der Waals surface area contributed by atoms with E-state index >= 15 is 0 Å². The van der Waals surface area contributed by atoms with Gasteiger partial charge in [-0.15, -0.1) is 12.4 Å². The molecule has 5 heteroatoms. The van der Waals surface area contributed by atoms with Crippen LogP contribution in [0.3, 0.4) is 0 Å². The molecule has 0 aromatic heterocycles. The molecule has 1 aromatic carbocycles. The maximum Gasteiger partial charge on any atom is 0.222 e. The number of rotatable bonds is 4. The van der Waals surface area contributed by atoms with Gasteiger partial charge in [-0.3, -0.25) is 4.79 Å². The number of benzene rings is 1. The van der Waals surface area contributed by atoms with Gasteiger partial charge in [-0.25, -0.2) is 0 Å². The van der Waals surface area contributed by atoms with E-state index in [2.05, 4.69) is 19.2 Å². The van der Waals surface area contributed by atoms with Gasteiger partial charge in [0.05, 0.1) is 0 Å². The molecule has 1 fully saturated rings. The molecule has 1 aromatic rings. The van der Waals surface area contributed by atoms with Crippen molar-refractivity contribution in [3.63, 3.8) is 0 Å². The number of amides is 1. The van der Waals surface area contributed by atoms with Crippen LogP contribution in [0.2, 0.25) is 5.02 Å². The Morgan fingerprint density at radius 1 is 1.43 bits per heavy atom. The van der Waals surface area contributed by atoms with Crippen LogP contribution >= 0.6 is 24.0 Å². The Morgan fingerprint density at radius 3 is 2.71 bits per heavy atom. The van der Waals surface area contributed by atoms with E-state index in [4.69, 9.17) is 11.6 Å².